The van der Waals surface area contributed by atoms with E-state index in [9.17, 15) is 4.79 Å². The van der Waals surface area contributed by atoms with Crippen molar-refractivity contribution >= 4 is 5.78 Å². The summed E-state index contributed by atoms with van der Waals surface area (Å²) >= 11 is 0. The standard InChI is InChI=1S/C21H26O2/c1-5-16(2)20(22)15-23-19-13-11-18(12-14-19)21(3,4)17-9-7-6-8-10-17/h6-14,16H,5,15H2,1-4H3. The van der Waals surface area contributed by atoms with E-state index in [-0.39, 0.29) is 23.7 Å². The van der Waals surface area contributed by atoms with Gasteiger partial charge in [0.25, 0.3) is 0 Å². The fourth-order valence-corrected chi connectivity index (χ4v) is 2.51. The zero-order chi connectivity index (χ0) is 16.9. The summed E-state index contributed by atoms with van der Waals surface area (Å²) in [5.74, 6) is 0.960. The van der Waals surface area contributed by atoms with Crippen LogP contribution in [0.4, 0.5) is 0 Å². The number of hydrogen-bond donors (Lipinski definition) is 0. The first-order chi connectivity index (χ1) is 10.9. The molecule has 23 heavy (non-hydrogen) atoms. The molecular formula is C21H26O2. The van der Waals surface area contributed by atoms with Gasteiger partial charge in [-0.05, 0) is 29.7 Å². The summed E-state index contributed by atoms with van der Waals surface area (Å²) in [7, 11) is 0. The van der Waals surface area contributed by atoms with E-state index in [2.05, 4.69) is 50.2 Å². The Morgan fingerprint density at radius 3 is 2.13 bits per heavy atom. The van der Waals surface area contributed by atoms with Crippen LogP contribution in [0, 0.1) is 5.92 Å². The van der Waals surface area contributed by atoms with Crippen LogP contribution in [0.2, 0.25) is 0 Å². The van der Waals surface area contributed by atoms with Crippen molar-refractivity contribution in [2.75, 3.05) is 6.61 Å². The van der Waals surface area contributed by atoms with Crippen LogP contribution in [-0.4, -0.2) is 12.4 Å². The van der Waals surface area contributed by atoms with Crippen molar-refractivity contribution in [3.63, 3.8) is 0 Å². The summed E-state index contributed by atoms with van der Waals surface area (Å²) in [6.45, 7) is 8.53. The quantitative estimate of drug-likeness (QED) is 0.719. The Morgan fingerprint density at radius 1 is 1.00 bits per heavy atom. The summed E-state index contributed by atoms with van der Waals surface area (Å²) < 4.78 is 5.61. The van der Waals surface area contributed by atoms with Gasteiger partial charge in [-0.2, -0.15) is 0 Å². The lowest BCUT2D eigenvalue weighted by molar-refractivity contribution is -0.124. The van der Waals surface area contributed by atoms with Crippen molar-refractivity contribution in [2.24, 2.45) is 5.92 Å². The molecule has 0 aliphatic rings. The molecule has 122 valence electrons. The van der Waals surface area contributed by atoms with Gasteiger partial charge in [0.2, 0.25) is 0 Å². The zero-order valence-electron chi connectivity index (χ0n) is 14.5. The van der Waals surface area contributed by atoms with E-state index in [4.69, 9.17) is 4.74 Å². The zero-order valence-corrected chi connectivity index (χ0v) is 14.5. The summed E-state index contributed by atoms with van der Waals surface area (Å²) in [4.78, 5) is 11.8. The lowest BCUT2D eigenvalue weighted by atomic mass is 9.78. The van der Waals surface area contributed by atoms with Crippen LogP contribution < -0.4 is 4.74 Å². The largest absolute Gasteiger partial charge is 0.486 e. The minimum Gasteiger partial charge on any atom is -0.486 e. The monoisotopic (exact) mass is 310 g/mol. The molecule has 0 spiro atoms. The first-order valence-electron chi connectivity index (χ1n) is 8.26. The van der Waals surface area contributed by atoms with Gasteiger partial charge in [-0.25, -0.2) is 0 Å². The Morgan fingerprint density at radius 2 is 1.57 bits per heavy atom. The molecule has 0 radical (unpaired) electrons. The second kappa shape index (κ2) is 7.45. The van der Waals surface area contributed by atoms with Crippen LogP contribution in [0.15, 0.2) is 54.6 Å². The molecule has 0 aliphatic carbocycles. The predicted octanol–water partition coefficient (Wildman–Crippen LogP) is 5.01. The molecule has 2 aromatic carbocycles. The van der Waals surface area contributed by atoms with Gasteiger partial charge >= 0.3 is 0 Å². The van der Waals surface area contributed by atoms with Gasteiger partial charge in [-0.15, -0.1) is 0 Å². The van der Waals surface area contributed by atoms with Crippen LogP contribution in [-0.2, 0) is 10.2 Å². The van der Waals surface area contributed by atoms with Crippen molar-refractivity contribution in [3.05, 3.63) is 65.7 Å². The van der Waals surface area contributed by atoms with Gasteiger partial charge in [0, 0.05) is 11.3 Å². The fraction of sp³-hybridized carbons (Fsp3) is 0.381. The van der Waals surface area contributed by atoms with Crippen molar-refractivity contribution in [1.29, 1.82) is 0 Å². The Labute approximate surface area is 139 Å². The molecule has 0 heterocycles. The Balaban J connectivity index is 2.06. The third-order valence-corrected chi connectivity index (χ3v) is 4.61. The number of carbonyl (C=O) groups is 1. The maximum atomic E-state index is 11.8. The van der Waals surface area contributed by atoms with E-state index in [0.717, 1.165) is 12.2 Å². The highest BCUT2D eigenvalue weighted by Crippen LogP contribution is 2.32. The van der Waals surface area contributed by atoms with Crippen LogP contribution >= 0.6 is 0 Å². The molecule has 0 aromatic heterocycles. The predicted molar refractivity (Wildman–Crippen MR) is 95.0 cm³/mol. The van der Waals surface area contributed by atoms with Crippen LogP contribution in [0.3, 0.4) is 0 Å². The highest BCUT2D eigenvalue weighted by molar-refractivity contribution is 5.82. The molecule has 0 bridgehead atoms. The van der Waals surface area contributed by atoms with Gasteiger partial charge in [0.1, 0.15) is 12.4 Å². The molecular weight excluding hydrogens is 284 g/mol. The van der Waals surface area contributed by atoms with Crippen LogP contribution in [0.1, 0.15) is 45.2 Å². The van der Waals surface area contributed by atoms with Crippen molar-refractivity contribution < 1.29 is 9.53 Å². The third kappa shape index (κ3) is 4.22. The van der Waals surface area contributed by atoms with Gasteiger partial charge in [0.05, 0.1) is 0 Å². The minimum atomic E-state index is -0.0632. The second-order valence-electron chi connectivity index (χ2n) is 6.58. The molecule has 1 unspecified atom stereocenters. The molecule has 2 nitrogen and oxygen atoms in total. The molecule has 0 saturated heterocycles. The van der Waals surface area contributed by atoms with E-state index in [1.165, 1.54) is 11.1 Å². The Hall–Kier alpha value is -2.09. The number of hydrogen-bond acceptors (Lipinski definition) is 2. The molecule has 0 saturated carbocycles. The molecule has 0 amide bonds. The SMILES string of the molecule is CCC(C)C(=O)COc1ccc(C(C)(C)c2ccccc2)cc1. The van der Waals surface area contributed by atoms with Crippen LogP contribution in [0.25, 0.3) is 0 Å². The Bertz CT molecular complexity index is 627. The summed E-state index contributed by atoms with van der Waals surface area (Å²) in [5.41, 5.74) is 2.44. The smallest absolute Gasteiger partial charge is 0.172 e. The van der Waals surface area contributed by atoms with Gasteiger partial charge < -0.3 is 4.74 Å². The van der Waals surface area contributed by atoms with Crippen molar-refractivity contribution in [1.82, 2.24) is 0 Å². The summed E-state index contributed by atoms with van der Waals surface area (Å²) in [5, 5.41) is 0. The lowest BCUT2D eigenvalue weighted by Gasteiger charge is -2.26. The highest BCUT2D eigenvalue weighted by atomic mass is 16.5. The molecule has 0 aliphatic heterocycles. The minimum absolute atomic E-state index is 0.0614. The molecule has 0 fully saturated rings. The number of Topliss-reactive ketones (excluding diaryl/α,β-unsaturated/α-hetero) is 1. The van der Waals surface area contributed by atoms with Crippen molar-refractivity contribution in [3.8, 4) is 5.75 Å². The lowest BCUT2D eigenvalue weighted by Crippen LogP contribution is -2.19. The average Bonchev–Trinajstić information content (AvgIpc) is 2.60. The average molecular weight is 310 g/mol. The molecule has 2 rings (SSSR count). The Kier molecular flexibility index (Phi) is 5.59. The van der Waals surface area contributed by atoms with Crippen LogP contribution in [0.5, 0.6) is 5.75 Å². The highest BCUT2D eigenvalue weighted by Gasteiger charge is 2.22. The maximum Gasteiger partial charge on any atom is 0.172 e. The van der Waals surface area contributed by atoms with E-state index in [0.29, 0.717) is 0 Å². The fourth-order valence-electron chi connectivity index (χ4n) is 2.51. The number of benzene rings is 2. The molecule has 2 aromatic rings. The van der Waals surface area contributed by atoms with E-state index < -0.39 is 0 Å². The first kappa shape index (κ1) is 17.3. The molecule has 0 N–H and O–H groups in total. The number of ketones is 1. The van der Waals surface area contributed by atoms with E-state index in [1.54, 1.807) is 0 Å². The normalized spacial score (nSPS) is 12.7. The van der Waals surface area contributed by atoms with E-state index in [1.807, 2.05) is 32.0 Å². The second-order valence-corrected chi connectivity index (χ2v) is 6.58. The number of ether oxygens (including phenoxy) is 1. The molecule has 2 heteroatoms. The number of carbonyl (C=O) groups excluding carboxylic acids is 1. The van der Waals surface area contributed by atoms with Crippen molar-refractivity contribution in [2.45, 2.75) is 39.5 Å². The first-order valence-corrected chi connectivity index (χ1v) is 8.26. The maximum absolute atomic E-state index is 11.8. The molecule has 1 atom stereocenters. The number of rotatable bonds is 7. The van der Waals surface area contributed by atoms with Gasteiger partial charge in [-0.1, -0.05) is 70.2 Å². The summed E-state index contributed by atoms with van der Waals surface area (Å²) in [6.07, 6.45) is 0.854. The summed E-state index contributed by atoms with van der Waals surface area (Å²) in [6, 6.07) is 18.5. The van der Waals surface area contributed by atoms with Gasteiger partial charge in [0.15, 0.2) is 5.78 Å². The van der Waals surface area contributed by atoms with E-state index >= 15 is 0 Å². The third-order valence-electron chi connectivity index (χ3n) is 4.61. The van der Waals surface area contributed by atoms with Gasteiger partial charge in [-0.3, -0.25) is 4.79 Å². The topological polar surface area (TPSA) is 26.3 Å².